The molecule has 5 aromatic rings. The van der Waals surface area contributed by atoms with Crippen molar-refractivity contribution in [2.75, 3.05) is 12.8 Å². The molecule has 0 aliphatic rings. The average Bonchev–Trinajstić information content (AvgIpc) is 3.59. The van der Waals surface area contributed by atoms with E-state index in [2.05, 4.69) is 35.8 Å². The fraction of sp³-hybridized carbons (Fsp3) is 0.0769. The number of aromatic nitrogens is 5. The number of ether oxygens (including phenoxy) is 2. The highest BCUT2D eigenvalue weighted by atomic mass is 35.5. The summed E-state index contributed by atoms with van der Waals surface area (Å²) >= 11 is 18.4. The van der Waals surface area contributed by atoms with Crippen LogP contribution in [0.4, 0.5) is 5.82 Å². The van der Waals surface area contributed by atoms with Crippen molar-refractivity contribution in [3.8, 4) is 28.6 Å². The fourth-order valence-electron chi connectivity index (χ4n) is 3.79. The van der Waals surface area contributed by atoms with Crippen molar-refractivity contribution in [1.82, 2.24) is 30.7 Å². The maximum absolute atomic E-state index is 13.3. The lowest BCUT2D eigenvalue weighted by atomic mass is 10.1. The molecule has 0 bridgehead atoms. The van der Waals surface area contributed by atoms with Gasteiger partial charge < -0.3 is 15.2 Å². The predicted molar refractivity (Wildman–Crippen MR) is 153 cm³/mol. The van der Waals surface area contributed by atoms with Crippen molar-refractivity contribution in [1.29, 1.82) is 0 Å². The van der Waals surface area contributed by atoms with Crippen LogP contribution in [0, 0.1) is 0 Å². The van der Waals surface area contributed by atoms with Gasteiger partial charge >= 0.3 is 0 Å². The number of nitrogen functional groups attached to an aromatic ring is 1. The van der Waals surface area contributed by atoms with Crippen LogP contribution in [0.1, 0.15) is 21.6 Å². The Balaban J connectivity index is 1.37. The maximum atomic E-state index is 13.3. The molecule has 15 heteroatoms. The maximum Gasteiger partial charge on any atom is 0.292 e. The molecule has 2 heterocycles. The number of methoxy groups -OCH3 is 1. The molecule has 208 valence electrons. The molecule has 0 radical (unpaired) electrons. The summed E-state index contributed by atoms with van der Waals surface area (Å²) in [5.41, 5.74) is 10.6. The average molecular weight is 614 g/mol. The molecule has 0 spiro atoms. The summed E-state index contributed by atoms with van der Waals surface area (Å²) in [4.78, 5) is 13.3. The number of nitrogens with two attached hydrogens (primary N) is 1. The second kappa shape index (κ2) is 12.3. The van der Waals surface area contributed by atoms with Crippen LogP contribution in [0.2, 0.25) is 15.1 Å². The van der Waals surface area contributed by atoms with Crippen LogP contribution in [-0.2, 0) is 6.61 Å². The van der Waals surface area contributed by atoms with E-state index in [1.807, 2.05) is 6.07 Å². The fourth-order valence-corrected chi connectivity index (χ4v) is 4.71. The predicted octanol–water partition coefficient (Wildman–Crippen LogP) is 5.21. The molecule has 5 rings (SSSR count). The van der Waals surface area contributed by atoms with Crippen LogP contribution in [0.5, 0.6) is 11.5 Å². The molecule has 0 unspecified atom stereocenters. The van der Waals surface area contributed by atoms with Gasteiger partial charge in [-0.05, 0) is 46.2 Å². The number of nitrogens with zero attached hydrogens (tertiary/aromatic N) is 6. The smallest absolute Gasteiger partial charge is 0.292 e. The molecule has 3 aromatic carbocycles. The minimum Gasteiger partial charge on any atom is -0.496 e. The summed E-state index contributed by atoms with van der Waals surface area (Å²) in [5, 5.41) is 20.5. The van der Waals surface area contributed by atoms with E-state index in [-0.39, 0.29) is 45.4 Å². The van der Waals surface area contributed by atoms with Gasteiger partial charge in [-0.2, -0.15) is 9.78 Å². The van der Waals surface area contributed by atoms with Gasteiger partial charge in [0, 0.05) is 16.1 Å². The number of rotatable bonds is 9. The third kappa shape index (κ3) is 6.09. The van der Waals surface area contributed by atoms with Gasteiger partial charge in [0.15, 0.2) is 11.4 Å². The van der Waals surface area contributed by atoms with Crippen molar-refractivity contribution in [2.45, 2.75) is 6.61 Å². The van der Waals surface area contributed by atoms with E-state index in [0.717, 1.165) is 4.68 Å². The third-order valence-electron chi connectivity index (χ3n) is 5.65. The number of halogens is 3. The minimum atomic E-state index is -0.628. The van der Waals surface area contributed by atoms with Gasteiger partial charge in [-0.15, -0.1) is 5.10 Å². The summed E-state index contributed by atoms with van der Waals surface area (Å²) in [6.07, 6.45) is 1.45. The zero-order chi connectivity index (χ0) is 28.9. The molecule has 12 nitrogen and oxygen atoms in total. The lowest BCUT2D eigenvalue weighted by Crippen LogP contribution is -2.22. The molecule has 3 N–H and O–H groups in total. The van der Waals surface area contributed by atoms with Crippen LogP contribution >= 0.6 is 34.8 Å². The number of carbonyl (C=O) groups is 1. The number of carbonyl (C=O) groups excluding carboxylic acids is 1. The summed E-state index contributed by atoms with van der Waals surface area (Å²) < 4.78 is 17.1. The van der Waals surface area contributed by atoms with Gasteiger partial charge in [-0.1, -0.05) is 70.3 Å². The highest BCUT2D eigenvalue weighted by Gasteiger charge is 2.25. The topological polar surface area (TPSA) is 156 Å². The Morgan fingerprint density at radius 2 is 1.85 bits per heavy atom. The van der Waals surface area contributed by atoms with Crippen LogP contribution in [-0.4, -0.2) is 44.5 Å². The molecule has 1 amide bonds. The van der Waals surface area contributed by atoms with E-state index in [4.69, 9.17) is 50.0 Å². The number of nitrogens with one attached hydrogen (secondary N) is 1. The lowest BCUT2D eigenvalue weighted by molar-refractivity contribution is 0.0947. The Hall–Kier alpha value is -4.65. The van der Waals surface area contributed by atoms with Crippen LogP contribution < -0.4 is 20.6 Å². The molecule has 2 aromatic heterocycles. The third-order valence-corrected chi connectivity index (χ3v) is 6.43. The SMILES string of the molecule is COc1ccc(/C=N\NC(=O)c2c(-c3ccccc3)nnn2-c2nonc2N)cc1COc1c(Cl)cc(Cl)cc1Cl. The first-order valence-corrected chi connectivity index (χ1v) is 12.9. The Labute approximate surface area is 247 Å². The molecule has 0 aliphatic heterocycles. The standard InChI is InChI=1S/C26H19Cl3N8O4/c1-39-20-8-7-14(9-16(20)13-40-23-18(28)10-17(27)11-19(23)29)12-31-33-26(38)22-21(15-5-3-2-4-6-15)32-36-37(22)25-24(30)34-41-35-25/h2-12H,13H2,1H3,(H2,30,34)(H,33,38)/b31-12-. The number of hydrazone groups is 1. The molecular formula is C26H19Cl3N8O4. The second-order valence-corrected chi connectivity index (χ2v) is 9.55. The molecule has 0 atom stereocenters. The summed E-state index contributed by atoms with van der Waals surface area (Å²) in [7, 11) is 1.54. The Morgan fingerprint density at radius 3 is 2.54 bits per heavy atom. The second-order valence-electron chi connectivity index (χ2n) is 8.30. The summed E-state index contributed by atoms with van der Waals surface area (Å²) in [6, 6.07) is 17.3. The van der Waals surface area contributed by atoms with E-state index in [1.165, 1.54) is 25.5 Å². The number of amides is 1. The quantitative estimate of drug-likeness (QED) is 0.168. The number of hydrogen-bond acceptors (Lipinski definition) is 10. The van der Waals surface area contributed by atoms with Gasteiger partial charge in [0.25, 0.3) is 5.91 Å². The van der Waals surface area contributed by atoms with E-state index in [9.17, 15) is 4.79 Å². The Bertz CT molecular complexity index is 1720. The zero-order valence-electron chi connectivity index (χ0n) is 21.1. The van der Waals surface area contributed by atoms with Crippen molar-refractivity contribution >= 4 is 52.7 Å². The van der Waals surface area contributed by atoms with Crippen LogP contribution in [0.25, 0.3) is 17.1 Å². The summed E-state index contributed by atoms with van der Waals surface area (Å²) in [6.45, 7) is 0.0801. The molecule has 0 saturated heterocycles. The first-order chi connectivity index (χ1) is 19.9. The zero-order valence-corrected chi connectivity index (χ0v) is 23.4. The minimum absolute atomic E-state index is 0.00880. The highest BCUT2D eigenvalue weighted by Crippen LogP contribution is 2.36. The van der Waals surface area contributed by atoms with Crippen molar-refractivity contribution in [2.24, 2.45) is 5.10 Å². The van der Waals surface area contributed by atoms with Gasteiger partial charge in [-0.25, -0.2) is 10.1 Å². The van der Waals surface area contributed by atoms with Crippen LogP contribution in [0.3, 0.4) is 0 Å². The van der Waals surface area contributed by atoms with Crippen molar-refractivity contribution in [3.05, 3.63) is 92.6 Å². The van der Waals surface area contributed by atoms with Gasteiger partial charge in [-0.3, -0.25) is 4.79 Å². The van der Waals surface area contributed by atoms with Crippen molar-refractivity contribution in [3.63, 3.8) is 0 Å². The van der Waals surface area contributed by atoms with E-state index in [1.54, 1.807) is 42.5 Å². The molecular weight excluding hydrogens is 595 g/mol. The normalized spacial score (nSPS) is 11.1. The Kier molecular flexibility index (Phi) is 8.34. The molecule has 41 heavy (non-hydrogen) atoms. The number of anilines is 1. The van der Waals surface area contributed by atoms with Gasteiger partial charge in [0.2, 0.25) is 11.6 Å². The monoisotopic (exact) mass is 612 g/mol. The lowest BCUT2D eigenvalue weighted by Gasteiger charge is -2.13. The van der Waals surface area contributed by atoms with Crippen molar-refractivity contribution < 1.29 is 18.9 Å². The Morgan fingerprint density at radius 1 is 1.10 bits per heavy atom. The van der Waals surface area contributed by atoms with Crippen LogP contribution in [0.15, 0.2) is 70.4 Å². The first-order valence-electron chi connectivity index (χ1n) is 11.7. The molecule has 0 fully saturated rings. The van der Waals surface area contributed by atoms with E-state index in [0.29, 0.717) is 27.5 Å². The largest absolute Gasteiger partial charge is 0.496 e. The van der Waals surface area contributed by atoms with Gasteiger partial charge in [0.1, 0.15) is 18.1 Å². The highest BCUT2D eigenvalue weighted by molar-refractivity contribution is 6.40. The van der Waals surface area contributed by atoms with E-state index < -0.39 is 5.91 Å². The number of benzene rings is 3. The van der Waals surface area contributed by atoms with Gasteiger partial charge in [0.05, 0.1) is 23.4 Å². The molecule has 0 saturated carbocycles. The number of hydrogen-bond donors (Lipinski definition) is 2. The summed E-state index contributed by atoms with van der Waals surface area (Å²) in [5.74, 6) is 0.162. The first kappa shape index (κ1) is 27.9. The van der Waals surface area contributed by atoms with E-state index >= 15 is 0 Å². The molecule has 0 aliphatic carbocycles.